The lowest BCUT2D eigenvalue weighted by molar-refractivity contribution is -0.132. The minimum Gasteiger partial charge on any atom is -0.462 e. The van der Waals surface area contributed by atoms with Crippen LogP contribution in [0.1, 0.15) is 47.3 Å². The van der Waals surface area contributed by atoms with E-state index < -0.39 is 5.97 Å². The van der Waals surface area contributed by atoms with Crippen LogP contribution in [0.25, 0.3) is 11.4 Å². The smallest absolute Gasteiger partial charge is 0.342 e. The van der Waals surface area contributed by atoms with Crippen molar-refractivity contribution in [2.45, 2.75) is 33.7 Å². The molecule has 33 heavy (non-hydrogen) atoms. The maximum absolute atomic E-state index is 13.6. The van der Waals surface area contributed by atoms with Gasteiger partial charge in [0.05, 0.1) is 12.3 Å². The maximum atomic E-state index is 13.6. The van der Waals surface area contributed by atoms with E-state index >= 15 is 0 Å². The highest BCUT2D eigenvalue weighted by molar-refractivity contribution is 6.27. The van der Waals surface area contributed by atoms with E-state index in [0.29, 0.717) is 31.2 Å². The van der Waals surface area contributed by atoms with Crippen molar-refractivity contribution in [3.05, 3.63) is 47.3 Å². The molecule has 1 fully saturated rings. The van der Waals surface area contributed by atoms with Crippen molar-refractivity contribution in [1.29, 1.82) is 0 Å². The van der Waals surface area contributed by atoms with Crippen LogP contribution < -0.4 is 0 Å². The lowest BCUT2D eigenvalue weighted by Crippen LogP contribution is -2.56. The van der Waals surface area contributed by atoms with E-state index in [1.807, 2.05) is 51.1 Å². The van der Waals surface area contributed by atoms with Gasteiger partial charge >= 0.3 is 5.97 Å². The summed E-state index contributed by atoms with van der Waals surface area (Å²) in [4.78, 5) is 50.8. The summed E-state index contributed by atoms with van der Waals surface area (Å²) in [6.45, 7) is 8.62. The highest BCUT2D eigenvalue weighted by Crippen LogP contribution is 2.23. The van der Waals surface area contributed by atoms with Crippen LogP contribution in [0.15, 0.2) is 30.3 Å². The van der Waals surface area contributed by atoms with Gasteiger partial charge in [-0.15, -0.1) is 11.6 Å². The number of nitrogens with zero attached hydrogens (tertiary/aromatic N) is 4. The number of esters is 1. The molecule has 0 aliphatic carbocycles. The molecule has 8 nitrogen and oxygen atoms in total. The zero-order chi connectivity index (χ0) is 24.1. The fourth-order valence-electron chi connectivity index (χ4n) is 3.74. The van der Waals surface area contributed by atoms with Gasteiger partial charge in [-0.25, -0.2) is 14.8 Å². The van der Waals surface area contributed by atoms with Crippen LogP contribution in [0, 0.1) is 12.8 Å². The van der Waals surface area contributed by atoms with Crippen LogP contribution >= 0.6 is 11.6 Å². The second kappa shape index (κ2) is 10.7. The molecule has 0 radical (unpaired) electrons. The Balaban J connectivity index is 1.98. The molecule has 0 N–H and O–H groups in total. The van der Waals surface area contributed by atoms with E-state index in [1.165, 1.54) is 0 Å². The summed E-state index contributed by atoms with van der Waals surface area (Å²) in [5.41, 5.74) is 1.21. The minimum absolute atomic E-state index is 0.0134. The van der Waals surface area contributed by atoms with Crippen LogP contribution in [-0.2, 0) is 9.53 Å². The fraction of sp³-hybridized carbons (Fsp3) is 0.458. The molecule has 0 bridgehead atoms. The highest BCUT2D eigenvalue weighted by Gasteiger charge is 2.33. The number of ether oxygens (including phenoxy) is 1. The van der Waals surface area contributed by atoms with Crippen LogP contribution in [0.2, 0.25) is 0 Å². The Labute approximate surface area is 198 Å². The SMILES string of the molecule is Cc1nc(-c2ccccc2)nc(C(=O)N2CCN(C(=O)CCl)C(C)C2)c1C(=O)OCC(C)C. The molecule has 0 saturated carbocycles. The molecular weight excluding hydrogens is 444 g/mol. The third-order valence-electron chi connectivity index (χ3n) is 5.43. The predicted octanol–water partition coefficient (Wildman–Crippen LogP) is 3.18. The van der Waals surface area contributed by atoms with E-state index in [1.54, 1.807) is 16.7 Å². The number of aryl methyl sites for hydroxylation is 1. The highest BCUT2D eigenvalue weighted by atomic mass is 35.5. The number of hydrogen-bond acceptors (Lipinski definition) is 6. The largest absolute Gasteiger partial charge is 0.462 e. The normalized spacial score (nSPS) is 16.1. The molecule has 1 aromatic heterocycles. The van der Waals surface area contributed by atoms with E-state index in [9.17, 15) is 14.4 Å². The fourth-order valence-corrected chi connectivity index (χ4v) is 3.90. The second-order valence-electron chi connectivity index (χ2n) is 8.54. The number of halogens is 1. The summed E-state index contributed by atoms with van der Waals surface area (Å²) in [7, 11) is 0. The first-order chi connectivity index (χ1) is 15.7. The molecule has 0 spiro atoms. The first kappa shape index (κ1) is 24.6. The number of aromatic nitrogens is 2. The molecule has 176 valence electrons. The van der Waals surface area contributed by atoms with Gasteiger partial charge in [0.25, 0.3) is 5.91 Å². The number of rotatable bonds is 6. The van der Waals surface area contributed by atoms with Crippen molar-refractivity contribution >= 4 is 29.4 Å². The first-order valence-electron chi connectivity index (χ1n) is 11.0. The number of alkyl halides is 1. The summed E-state index contributed by atoms with van der Waals surface area (Å²) in [6, 6.07) is 9.08. The third-order valence-corrected chi connectivity index (χ3v) is 5.65. The zero-order valence-corrected chi connectivity index (χ0v) is 20.1. The van der Waals surface area contributed by atoms with Gasteiger partial charge in [-0.1, -0.05) is 44.2 Å². The summed E-state index contributed by atoms with van der Waals surface area (Å²) in [6.07, 6.45) is 0. The zero-order valence-electron chi connectivity index (χ0n) is 19.4. The van der Waals surface area contributed by atoms with Crippen molar-refractivity contribution in [2.24, 2.45) is 5.92 Å². The summed E-state index contributed by atoms with van der Waals surface area (Å²) >= 11 is 5.71. The van der Waals surface area contributed by atoms with Crippen LogP contribution in [0.3, 0.4) is 0 Å². The standard InChI is InChI=1S/C24H29ClN4O4/c1-15(2)14-33-24(32)20-17(4)26-22(18-8-6-5-7-9-18)27-21(20)23(31)28-10-11-29(16(3)13-28)19(30)12-25/h5-9,15-16H,10-14H2,1-4H3. The molecule has 2 heterocycles. The molecule has 9 heteroatoms. The van der Waals surface area contributed by atoms with E-state index in [4.69, 9.17) is 16.3 Å². The van der Waals surface area contributed by atoms with Crippen molar-refractivity contribution in [3.63, 3.8) is 0 Å². The van der Waals surface area contributed by atoms with Gasteiger partial charge in [0.2, 0.25) is 5.91 Å². The molecular formula is C24H29ClN4O4. The molecule has 2 amide bonds. The Bertz CT molecular complexity index is 1030. The summed E-state index contributed by atoms with van der Waals surface area (Å²) in [5.74, 6) is -0.770. The quantitative estimate of drug-likeness (QED) is 0.473. The van der Waals surface area contributed by atoms with Gasteiger partial charge in [0, 0.05) is 31.2 Å². The number of piperazine rings is 1. The molecule has 1 aliphatic rings. The monoisotopic (exact) mass is 472 g/mol. The van der Waals surface area contributed by atoms with Crippen LogP contribution in [-0.4, -0.2) is 75.7 Å². The van der Waals surface area contributed by atoms with Gasteiger partial charge in [-0.3, -0.25) is 9.59 Å². The molecule has 3 rings (SSSR count). The number of carbonyl (C=O) groups is 3. The maximum Gasteiger partial charge on any atom is 0.342 e. The number of amides is 2. The van der Waals surface area contributed by atoms with Gasteiger partial charge in [0.15, 0.2) is 5.82 Å². The molecule has 1 unspecified atom stereocenters. The first-order valence-corrected chi connectivity index (χ1v) is 11.5. The molecule has 1 atom stereocenters. The number of hydrogen-bond donors (Lipinski definition) is 0. The van der Waals surface area contributed by atoms with Crippen molar-refractivity contribution in [3.8, 4) is 11.4 Å². The van der Waals surface area contributed by atoms with E-state index in [-0.39, 0.29) is 47.5 Å². The summed E-state index contributed by atoms with van der Waals surface area (Å²) < 4.78 is 5.42. The topological polar surface area (TPSA) is 92.7 Å². The molecule has 2 aromatic rings. The summed E-state index contributed by atoms with van der Waals surface area (Å²) in [5, 5.41) is 0. The lowest BCUT2D eigenvalue weighted by atomic mass is 10.1. The minimum atomic E-state index is -0.617. The Morgan fingerprint density at radius 2 is 1.85 bits per heavy atom. The average molecular weight is 473 g/mol. The van der Waals surface area contributed by atoms with Crippen molar-refractivity contribution in [1.82, 2.24) is 19.8 Å². The van der Waals surface area contributed by atoms with Crippen LogP contribution in [0.5, 0.6) is 0 Å². The van der Waals surface area contributed by atoms with Gasteiger partial charge in [-0.05, 0) is 19.8 Å². The number of carbonyl (C=O) groups excluding carboxylic acids is 3. The Morgan fingerprint density at radius 3 is 2.45 bits per heavy atom. The molecule has 1 aromatic carbocycles. The van der Waals surface area contributed by atoms with Crippen molar-refractivity contribution < 1.29 is 19.1 Å². The molecule has 1 saturated heterocycles. The van der Waals surface area contributed by atoms with Crippen molar-refractivity contribution in [2.75, 3.05) is 32.1 Å². The second-order valence-corrected chi connectivity index (χ2v) is 8.80. The van der Waals surface area contributed by atoms with Gasteiger partial charge < -0.3 is 14.5 Å². The third kappa shape index (κ3) is 5.68. The van der Waals surface area contributed by atoms with E-state index in [0.717, 1.165) is 5.56 Å². The van der Waals surface area contributed by atoms with E-state index in [2.05, 4.69) is 9.97 Å². The Morgan fingerprint density at radius 1 is 1.15 bits per heavy atom. The Hall–Kier alpha value is -3.00. The predicted molar refractivity (Wildman–Crippen MR) is 125 cm³/mol. The van der Waals surface area contributed by atoms with Gasteiger partial charge in [-0.2, -0.15) is 0 Å². The average Bonchev–Trinajstić information content (AvgIpc) is 2.81. The van der Waals surface area contributed by atoms with Crippen LogP contribution in [0.4, 0.5) is 0 Å². The Kier molecular flexibility index (Phi) is 8.02. The lowest BCUT2D eigenvalue weighted by Gasteiger charge is -2.39. The molecule has 1 aliphatic heterocycles. The van der Waals surface area contributed by atoms with Gasteiger partial charge in [0.1, 0.15) is 17.1 Å². The number of benzene rings is 1.